The first-order valence-corrected chi connectivity index (χ1v) is 8.40. The van der Waals surface area contributed by atoms with Crippen LogP contribution in [0.2, 0.25) is 0 Å². The molecule has 0 aliphatic heterocycles. The fourth-order valence-corrected chi connectivity index (χ4v) is 2.50. The molecular weight excluding hydrogens is 342 g/mol. The molecule has 0 radical (unpaired) electrons. The summed E-state index contributed by atoms with van der Waals surface area (Å²) in [5, 5.41) is 10.6. The summed E-state index contributed by atoms with van der Waals surface area (Å²) in [6.07, 6.45) is 9.50. The van der Waals surface area contributed by atoms with Crippen molar-refractivity contribution in [3.63, 3.8) is 0 Å². The maximum Gasteiger partial charge on any atom is 0.177 e. The lowest BCUT2D eigenvalue weighted by atomic mass is 10.3. The molecular formula is C19H21N7O. The van der Waals surface area contributed by atoms with E-state index < -0.39 is 0 Å². The van der Waals surface area contributed by atoms with E-state index in [0.29, 0.717) is 11.5 Å². The molecule has 0 unspecified atom stereocenters. The number of rotatable bonds is 7. The van der Waals surface area contributed by atoms with Crippen molar-refractivity contribution in [2.45, 2.75) is 6.92 Å². The molecule has 27 heavy (non-hydrogen) atoms. The van der Waals surface area contributed by atoms with Gasteiger partial charge in [0.15, 0.2) is 17.8 Å². The van der Waals surface area contributed by atoms with Crippen molar-refractivity contribution >= 4 is 29.3 Å². The smallest absolute Gasteiger partial charge is 0.177 e. The minimum absolute atomic E-state index is 0.382. The number of aryl methyl sites for hydroxylation is 1. The molecule has 2 N–H and O–H groups in total. The highest BCUT2D eigenvalue weighted by atomic mass is 16.1. The van der Waals surface area contributed by atoms with Crippen molar-refractivity contribution in [3.8, 4) is 0 Å². The van der Waals surface area contributed by atoms with Gasteiger partial charge in [0.05, 0.1) is 23.3 Å². The second kappa shape index (κ2) is 8.13. The summed E-state index contributed by atoms with van der Waals surface area (Å²) in [6, 6.07) is 7.49. The molecule has 0 saturated heterocycles. The van der Waals surface area contributed by atoms with Gasteiger partial charge in [-0.25, -0.2) is 14.5 Å². The van der Waals surface area contributed by atoms with E-state index in [2.05, 4.69) is 25.7 Å². The number of carbonyl (C=O) groups is 1. The second-order valence-corrected chi connectivity index (χ2v) is 5.83. The molecule has 3 aromatic heterocycles. The Hall–Kier alpha value is -3.68. The van der Waals surface area contributed by atoms with Crippen LogP contribution < -0.4 is 15.5 Å². The first-order chi connectivity index (χ1) is 13.1. The van der Waals surface area contributed by atoms with E-state index in [1.54, 1.807) is 29.1 Å². The molecule has 0 aromatic carbocycles. The van der Waals surface area contributed by atoms with Gasteiger partial charge in [0.2, 0.25) is 0 Å². The first-order valence-electron chi connectivity index (χ1n) is 8.40. The molecule has 3 heterocycles. The van der Waals surface area contributed by atoms with E-state index in [1.807, 2.05) is 56.4 Å². The molecule has 3 rings (SSSR count). The number of carbonyl (C=O) groups excluding carboxylic acids is 1. The maximum atomic E-state index is 11.4. The summed E-state index contributed by atoms with van der Waals surface area (Å²) >= 11 is 0. The Morgan fingerprint density at radius 3 is 2.85 bits per heavy atom. The summed E-state index contributed by atoms with van der Waals surface area (Å²) in [5.74, 6) is 1.35. The molecule has 0 aliphatic carbocycles. The highest BCUT2D eigenvalue weighted by Gasteiger charge is 2.09. The number of aldehydes is 1. The fraction of sp³-hybridized carbons (Fsp3) is 0.158. The third-order valence-electron chi connectivity index (χ3n) is 3.90. The zero-order chi connectivity index (χ0) is 19.2. The molecule has 3 aromatic rings. The zero-order valence-electron chi connectivity index (χ0n) is 15.4. The largest absolute Gasteiger partial charge is 0.385 e. The molecule has 0 saturated carbocycles. The van der Waals surface area contributed by atoms with Crippen LogP contribution in [-0.2, 0) is 4.79 Å². The predicted octanol–water partition coefficient (Wildman–Crippen LogP) is 2.62. The van der Waals surface area contributed by atoms with Gasteiger partial charge in [0, 0.05) is 32.6 Å². The Morgan fingerprint density at radius 1 is 1.30 bits per heavy atom. The normalized spacial score (nSPS) is 11.7. The number of hydrogen-bond donors (Lipinski definition) is 2. The number of nitrogens with one attached hydrogen (secondary N) is 2. The number of pyridine rings is 1. The topological polar surface area (TPSA) is 87.5 Å². The van der Waals surface area contributed by atoms with Gasteiger partial charge in [-0.05, 0) is 31.2 Å². The number of imidazole rings is 1. The average molecular weight is 363 g/mol. The molecule has 0 aliphatic rings. The van der Waals surface area contributed by atoms with Gasteiger partial charge in [-0.15, -0.1) is 5.10 Å². The Balaban J connectivity index is 1.79. The second-order valence-electron chi connectivity index (χ2n) is 5.83. The SMILES string of the molecule is CNc1cc(N/C(C=O)=C/C=C\N(C)c2ccccn2)nn2c(C)cnc12. The Kier molecular flexibility index (Phi) is 5.46. The number of allylic oxidation sites excluding steroid dienone is 3. The van der Waals surface area contributed by atoms with Crippen LogP contribution in [0.1, 0.15) is 5.69 Å². The molecule has 0 atom stereocenters. The van der Waals surface area contributed by atoms with Crippen LogP contribution in [0.15, 0.2) is 60.7 Å². The molecule has 8 heteroatoms. The van der Waals surface area contributed by atoms with Gasteiger partial charge < -0.3 is 15.5 Å². The number of fused-ring (bicyclic) bond motifs is 1. The lowest BCUT2D eigenvalue weighted by molar-refractivity contribution is -0.104. The van der Waals surface area contributed by atoms with Gasteiger partial charge in [-0.2, -0.15) is 0 Å². The van der Waals surface area contributed by atoms with Crippen molar-refractivity contribution in [2.75, 3.05) is 29.6 Å². The van der Waals surface area contributed by atoms with Crippen molar-refractivity contribution < 1.29 is 4.79 Å². The summed E-state index contributed by atoms with van der Waals surface area (Å²) in [5.41, 5.74) is 2.83. The Morgan fingerprint density at radius 2 is 2.15 bits per heavy atom. The van der Waals surface area contributed by atoms with Crippen molar-refractivity contribution in [3.05, 3.63) is 66.4 Å². The monoisotopic (exact) mass is 363 g/mol. The molecule has 0 bridgehead atoms. The standard InChI is InChI=1S/C19H21N7O/c1-14-12-22-19-16(20-2)11-17(24-26(14)19)23-15(13-27)7-6-10-25(3)18-8-4-5-9-21-18/h4-13,20H,1-3H3,(H,23,24)/b10-6-,15-7+. The number of aromatic nitrogens is 4. The van der Waals surface area contributed by atoms with E-state index >= 15 is 0 Å². The fourth-order valence-electron chi connectivity index (χ4n) is 2.50. The van der Waals surface area contributed by atoms with Gasteiger partial charge in [-0.3, -0.25) is 4.79 Å². The van der Waals surface area contributed by atoms with Crippen LogP contribution in [0, 0.1) is 6.92 Å². The minimum Gasteiger partial charge on any atom is -0.385 e. The third kappa shape index (κ3) is 4.12. The van der Waals surface area contributed by atoms with Gasteiger partial charge in [-0.1, -0.05) is 6.07 Å². The molecule has 8 nitrogen and oxygen atoms in total. The average Bonchev–Trinajstić information content (AvgIpc) is 3.08. The van der Waals surface area contributed by atoms with Crippen molar-refractivity contribution in [1.82, 2.24) is 19.6 Å². The van der Waals surface area contributed by atoms with Crippen molar-refractivity contribution in [2.24, 2.45) is 0 Å². The molecule has 0 amide bonds. The molecule has 0 spiro atoms. The number of hydrogen-bond acceptors (Lipinski definition) is 7. The molecule has 138 valence electrons. The Labute approximate surface area is 157 Å². The van der Waals surface area contributed by atoms with Crippen LogP contribution in [0.4, 0.5) is 17.3 Å². The van der Waals surface area contributed by atoms with Gasteiger partial charge >= 0.3 is 0 Å². The van der Waals surface area contributed by atoms with Crippen LogP contribution in [0.3, 0.4) is 0 Å². The van der Waals surface area contributed by atoms with Gasteiger partial charge in [0.25, 0.3) is 0 Å². The summed E-state index contributed by atoms with van der Waals surface area (Å²) in [4.78, 5) is 21.9. The first kappa shape index (κ1) is 18.1. The third-order valence-corrected chi connectivity index (χ3v) is 3.90. The summed E-state index contributed by atoms with van der Waals surface area (Å²) in [6.45, 7) is 1.92. The van der Waals surface area contributed by atoms with Gasteiger partial charge in [0.1, 0.15) is 5.82 Å². The quantitative estimate of drug-likeness (QED) is 0.379. The zero-order valence-corrected chi connectivity index (χ0v) is 15.4. The van der Waals surface area contributed by atoms with E-state index in [1.165, 1.54) is 0 Å². The van der Waals surface area contributed by atoms with Crippen molar-refractivity contribution in [1.29, 1.82) is 0 Å². The molecule has 0 fully saturated rings. The van der Waals surface area contributed by atoms with E-state index in [9.17, 15) is 4.79 Å². The van der Waals surface area contributed by atoms with Crippen LogP contribution in [-0.4, -0.2) is 40.0 Å². The Bertz CT molecular complexity index is 992. The van der Waals surface area contributed by atoms with Crippen LogP contribution in [0.25, 0.3) is 5.65 Å². The lowest BCUT2D eigenvalue weighted by Gasteiger charge is -2.11. The van der Waals surface area contributed by atoms with Crippen LogP contribution >= 0.6 is 0 Å². The van der Waals surface area contributed by atoms with E-state index in [-0.39, 0.29) is 0 Å². The van der Waals surface area contributed by atoms with Crippen LogP contribution in [0.5, 0.6) is 0 Å². The highest BCUT2D eigenvalue weighted by Crippen LogP contribution is 2.20. The summed E-state index contributed by atoms with van der Waals surface area (Å²) in [7, 11) is 3.70. The predicted molar refractivity (Wildman–Crippen MR) is 107 cm³/mol. The lowest BCUT2D eigenvalue weighted by Crippen LogP contribution is -2.09. The van der Waals surface area contributed by atoms with E-state index in [0.717, 1.165) is 29.1 Å². The van der Waals surface area contributed by atoms with E-state index in [4.69, 9.17) is 0 Å². The minimum atomic E-state index is 0.382. The highest BCUT2D eigenvalue weighted by molar-refractivity contribution is 5.80. The number of nitrogens with zero attached hydrogens (tertiary/aromatic N) is 5. The number of anilines is 3. The maximum absolute atomic E-state index is 11.4. The summed E-state index contributed by atoms with van der Waals surface area (Å²) < 4.78 is 1.72.